The molecule has 0 aromatic heterocycles. The lowest BCUT2D eigenvalue weighted by Gasteiger charge is -2.23. The number of hydrogen-bond donors (Lipinski definition) is 2. The van der Waals surface area contributed by atoms with Gasteiger partial charge in [-0.2, -0.15) is 4.72 Å². The lowest BCUT2D eigenvalue weighted by Crippen LogP contribution is -2.30. The van der Waals surface area contributed by atoms with Crippen LogP contribution < -0.4 is 4.72 Å². The maximum Gasteiger partial charge on any atom is 0.241 e. The van der Waals surface area contributed by atoms with E-state index < -0.39 is 21.9 Å². The molecule has 4 rings (SSSR count). The highest BCUT2D eigenvalue weighted by Crippen LogP contribution is 2.37. The third-order valence-corrected chi connectivity index (χ3v) is 6.50. The second-order valence-corrected chi connectivity index (χ2v) is 8.82. The van der Waals surface area contributed by atoms with E-state index in [4.69, 9.17) is 0 Å². The molecule has 2 N–H and O–H groups in total. The van der Waals surface area contributed by atoms with Crippen LogP contribution in [0.1, 0.15) is 22.7 Å². The molecule has 152 valence electrons. The number of fused-ring (bicyclic) bond motifs is 1. The van der Waals surface area contributed by atoms with Crippen LogP contribution in [0, 0.1) is 12.7 Å². The van der Waals surface area contributed by atoms with Gasteiger partial charge in [-0.3, -0.25) is 0 Å². The number of halogens is 1. The Hall–Kier alpha value is -3.22. The number of sulfonamides is 1. The van der Waals surface area contributed by atoms with Gasteiger partial charge in [-0.15, -0.1) is 0 Å². The fourth-order valence-electron chi connectivity index (χ4n) is 3.52. The van der Waals surface area contributed by atoms with Crippen molar-refractivity contribution in [2.45, 2.75) is 17.9 Å². The van der Waals surface area contributed by atoms with E-state index in [0.717, 1.165) is 10.9 Å². The molecule has 0 amide bonds. The van der Waals surface area contributed by atoms with Crippen molar-refractivity contribution in [1.82, 2.24) is 4.72 Å². The van der Waals surface area contributed by atoms with E-state index in [1.165, 1.54) is 36.4 Å². The van der Waals surface area contributed by atoms with Crippen LogP contribution in [0.5, 0.6) is 5.75 Å². The summed E-state index contributed by atoms with van der Waals surface area (Å²) in [5.41, 5.74) is 1.35. The molecule has 1 atom stereocenters. The molecule has 0 aliphatic heterocycles. The lowest BCUT2D eigenvalue weighted by molar-refractivity contribution is 0.462. The van der Waals surface area contributed by atoms with Gasteiger partial charge in [-0.05, 0) is 42.0 Å². The first-order chi connectivity index (χ1) is 14.4. The molecular weight excluding hydrogens is 401 g/mol. The van der Waals surface area contributed by atoms with Gasteiger partial charge in [-0.1, -0.05) is 66.2 Å². The summed E-state index contributed by atoms with van der Waals surface area (Å²) in [7, 11) is -4.00. The van der Waals surface area contributed by atoms with Gasteiger partial charge in [0, 0.05) is 11.1 Å². The third-order valence-electron chi connectivity index (χ3n) is 5.06. The molecule has 30 heavy (non-hydrogen) atoms. The van der Waals surface area contributed by atoms with Crippen LogP contribution in [-0.2, 0) is 10.0 Å². The molecule has 4 nitrogen and oxygen atoms in total. The maximum absolute atomic E-state index is 14.8. The second-order valence-electron chi connectivity index (χ2n) is 7.11. The Balaban J connectivity index is 1.92. The van der Waals surface area contributed by atoms with Gasteiger partial charge in [0.15, 0.2) is 0 Å². The number of benzene rings is 4. The van der Waals surface area contributed by atoms with Crippen LogP contribution in [0.3, 0.4) is 0 Å². The van der Waals surface area contributed by atoms with Gasteiger partial charge in [0.2, 0.25) is 10.0 Å². The summed E-state index contributed by atoms with van der Waals surface area (Å²) < 4.78 is 43.7. The van der Waals surface area contributed by atoms with Crippen LogP contribution in [0.15, 0.2) is 89.8 Å². The predicted molar refractivity (Wildman–Crippen MR) is 115 cm³/mol. The van der Waals surface area contributed by atoms with Crippen molar-refractivity contribution >= 4 is 20.8 Å². The normalized spacial score (nSPS) is 12.7. The minimum Gasteiger partial charge on any atom is -0.508 e. The molecule has 0 spiro atoms. The zero-order chi connectivity index (χ0) is 21.3. The summed E-state index contributed by atoms with van der Waals surface area (Å²) in [6.07, 6.45) is 0. The summed E-state index contributed by atoms with van der Waals surface area (Å²) in [6.45, 7) is 1.86. The van der Waals surface area contributed by atoms with Crippen molar-refractivity contribution in [2.75, 3.05) is 0 Å². The summed E-state index contributed by atoms with van der Waals surface area (Å²) >= 11 is 0. The number of rotatable bonds is 5. The van der Waals surface area contributed by atoms with Gasteiger partial charge in [0.25, 0.3) is 0 Å². The average molecular weight is 421 g/mol. The summed E-state index contributed by atoms with van der Waals surface area (Å²) in [6, 6.07) is 21.7. The van der Waals surface area contributed by atoms with Crippen molar-refractivity contribution in [3.05, 3.63) is 107 Å². The Kier molecular flexibility index (Phi) is 5.28. The Labute approximate surface area is 174 Å². The summed E-state index contributed by atoms with van der Waals surface area (Å²) in [5.74, 6) is -0.685. The Morgan fingerprint density at radius 3 is 2.27 bits per heavy atom. The number of phenols is 1. The molecule has 0 bridgehead atoms. The minimum absolute atomic E-state index is 0.0640. The van der Waals surface area contributed by atoms with Gasteiger partial charge in [-0.25, -0.2) is 12.8 Å². The molecule has 6 heteroatoms. The SMILES string of the molecule is Cc1ccc(S(=O)(=O)NC(c2ccccc2F)c2c(O)ccc3ccccc23)cc1. The maximum atomic E-state index is 14.8. The van der Waals surface area contributed by atoms with Crippen molar-refractivity contribution < 1.29 is 17.9 Å². The topological polar surface area (TPSA) is 66.4 Å². The highest BCUT2D eigenvalue weighted by atomic mass is 32.2. The van der Waals surface area contributed by atoms with Crippen LogP contribution >= 0.6 is 0 Å². The number of hydrogen-bond acceptors (Lipinski definition) is 3. The molecule has 0 radical (unpaired) electrons. The molecular formula is C24H20FNO3S. The molecule has 0 saturated carbocycles. The van der Waals surface area contributed by atoms with E-state index in [-0.39, 0.29) is 16.2 Å². The van der Waals surface area contributed by atoms with Crippen molar-refractivity contribution in [2.24, 2.45) is 0 Å². The smallest absolute Gasteiger partial charge is 0.241 e. The van der Waals surface area contributed by atoms with Gasteiger partial charge in [0.1, 0.15) is 11.6 Å². The van der Waals surface area contributed by atoms with Gasteiger partial charge < -0.3 is 5.11 Å². The van der Waals surface area contributed by atoms with Crippen LogP contribution in [0.25, 0.3) is 10.8 Å². The zero-order valence-corrected chi connectivity index (χ0v) is 17.0. The number of aryl methyl sites for hydroxylation is 1. The Morgan fingerprint density at radius 1 is 0.867 bits per heavy atom. The van der Waals surface area contributed by atoms with Crippen LogP contribution in [0.4, 0.5) is 4.39 Å². The predicted octanol–water partition coefficient (Wildman–Crippen LogP) is 5.06. The summed E-state index contributed by atoms with van der Waals surface area (Å²) in [4.78, 5) is 0.0640. The highest BCUT2D eigenvalue weighted by Gasteiger charge is 2.28. The molecule has 0 saturated heterocycles. The molecule has 1 unspecified atom stereocenters. The Morgan fingerprint density at radius 2 is 1.53 bits per heavy atom. The molecule has 4 aromatic rings. The van der Waals surface area contributed by atoms with Crippen molar-refractivity contribution in [3.8, 4) is 5.75 Å². The number of nitrogens with one attached hydrogen (secondary N) is 1. The molecule has 0 heterocycles. The molecule has 0 fully saturated rings. The van der Waals surface area contributed by atoms with Gasteiger partial charge in [0.05, 0.1) is 10.9 Å². The van der Waals surface area contributed by atoms with E-state index in [1.807, 2.05) is 19.1 Å². The largest absolute Gasteiger partial charge is 0.508 e. The third kappa shape index (κ3) is 3.79. The first-order valence-electron chi connectivity index (χ1n) is 9.41. The van der Waals surface area contributed by atoms with Crippen molar-refractivity contribution in [3.63, 3.8) is 0 Å². The van der Waals surface area contributed by atoms with Crippen LogP contribution in [0.2, 0.25) is 0 Å². The quantitative estimate of drug-likeness (QED) is 0.473. The first kappa shape index (κ1) is 20.1. The molecule has 0 aliphatic carbocycles. The lowest BCUT2D eigenvalue weighted by atomic mass is 9.93. The fourth-order valence-corrected chi connectivity index (χ4v) is 4.70. The average Bonchev–Trinajstić information content (AvgIpc) is 2.73. The minimum atomic E-state index is -4.00. The standard InChI is InChI=1S/C24H20FNO3S/c1-16-10-13-18(14-11-16)30(28,29)26-24(20-8-4-5-9-21(20)25)23-19-7-3-2-6-17(19)12-15-22(23)27/h2-15,24,26-27H,1H3. The second kappa shape index (κ2) is 7.89. The highest BCUT2D eigenvalue weighted by molar-refractivity contribution is 7.89. The zero-order valence-electron chi connectivity index (χ0n) is 16.2. The van der Waals surface area contributed by atoms with E-state index in [0.29, 0.717) is 10.9 Å². The monoisotopic (exact) mass is 421 g/mol. The first-order valence-corrected chi connectivity index (χ1v) is 10.9. The van der Waals surface area contributed by atoms with Crippen molar-refractivity contribution in [1.29, 1.82) is 0 Å². The van der Waals surface area contributed by atoms with Gasteiger partial charge >= 0.3 is 0 Å². The summed E-state index contributed by atoms with van der Waals surface area (Å²) in [5, 5.41) is 12.1. The van der Waals surface area contributed by atoms with Crippen LogP contribution in [-0.4, -0.2) is 13.5 Å². The van der Waals surface area contributed by atoms with E-state index in [1.54, 1.807) is 36.4 Å². The Bertz CT molecular complexity index is 1320. The fraction of sp³-hybridized carbons (Fsp3) is 0.0833. The number of aromatic hydroxyl groups is 1. The molecule has 0 aliphatic rings. The number of phenolic OH excluding ortho intramolecular Hbond substituents is 1. The van der Waals surface area contributed by atoms with E-state index in [2.05, 4.69) is 4.72 Å². The molecule has 4 aromatic carbocycles. The van der Waals surface area contributed by atoms with E-state index in [9.17, 15) is 17.9 Å². The van der Waals surface area contributed by atoms with E-state index >= 15 is 0 Å².